The zero-order chi connectivity index (χ0) is 32.0. The minimum Gasteiger partial charge on any atom is -0.0708 e. The molecule has 0 bridgehead atoms. The Morgan fingerprint density at radius 3 is 0.682 bits per heavy atom. The van der Waals surface area contributed by atoms with Crippen LogP contribution < -0.4 is 0 Å². The van der Waals surface area contributed by atoms with Gasteiger partial charge in [-0.05, 0) is 88.4 Å². The van der Waals surface area contributed by atoms with Gasteiger partial charge in [-0.15, -0.1) is 0 Å². The highest BCUT2D eigenvalue weighted by Gasteiger charge is 2.34. The van der Waals surface area contributed by atoms with Crippen LogP contribution in [-0.2, 0) is 21.7 Å². The number of benzene rings is 4. The van der Waals surface area contributed by atoms with Crippen molar-refractivity contribution < 1.29 is 0 Å². The first kappa shape index (κ1) is 30.6. The van der Waals surface area contributed by atoms with Crippen molar-refractivity contribution in [2.24, 2.45) is 0 Å². The van der Waals surface area contributed by atoms with Crippen molar-refractivity contribution >= 4 is 0 Å². The fourth-order valence-corrected chi connectivity index (χ4v) is 6.69. The van der Waals surface area contributed by atoms with Gasteiger partial charge in [-0.3, -0.25) is 0 Å². The van der Waals surface area contributed by atoms with Crippen LogP contribution in [-0.4, -0.2) is 0 Å². The lowest BCUT2D eigenvalue weighted by molar-refractivity contribution is 0.589. The quantitative estimate of drug-likeness (QED) is 0.222. The maximum atomic E-state index is 2.44. The van der Waals surface area contributed by atoms with Crippen LogP contribution in [0.1, 0.15) is 128 Å². The second-order valence-electron chi connectivity index (χ2n) is 17.2. The van der Waals surface area contributed by atoms with Crippen molar-refractivity contribution in [2.75, 3.05) is 0 Å². The highest BCUT2D eigenvalue weighted by atomic mass is 14.4. The van der Waals surface area contributed by atoms with E-state index in [0.29, 0.717) is 0 Å². The molecule has 226 valence electrons. The molecule has 0 aliphatic heterocycles. The largest absolute Gasteiger partial charge is 0.0708 e. The SMILES string of the molecule is CC(C)(C)c1ccc2c(c1)-c1cc(C(C)(C)C)ccc1[C]2/C=C/[C]1c2ccc(C(C)(C)C)cc2-c2cc(C(C)(C)C)ccc21. The van der Waals surface area contributed by atoms with Crippen molar-refractivity contribution in [3.8, 4) is 22.3 Å². The molecule has 44 heavy (non-hydrogen) atoms. The number of fused-ring (bicyclic) bond motifs is 6. The molecule has 0 saturated heterocycles. The summed E-state index contributed by atoms with van der Waals surface area (Å²) in [7, 11) is 0. The Morgan fingerprint density at radius 1 is 0.295 bits per heavy atom. The first-order chi connectivity index (χ1) is 20.3. The zero-order valence-corrected chi connectivity index (χ0v) is 29.1. The van der Waals surface area contributed by atoms with E-state index in [-0.39, 0.29) is 21.7 Å². The van der Waals surface area contributed by atoms with Gasteiger partial charge in [-0.2, -0.15) is 0 Å². The highest BCUT2D eigenvalue weighted by Crippen LogP contribution is 2.50. The van der Waals surface area contributed by atoms with Gasteiger partial charge in [0.1, 0.15) is 0 Å². The lowest BCUT2D eigenvalue weighted by Crippen LogP contribution is -2.11. The van der Waals surface area contributed by atoms with Gasteiger partial charge in [-0.25, -0.2) is 0 Å². The molecule has 0 spiro atoms. The van der Waals surface area contributed by atoms with Crippen LogP contribution >= 0.6 is 0 Å². The number of rotatable bonds is 2. The molecule has 0 heterocycles. The summed E-state index contributed by atoms with van der Waals surface area (Å²) in [6, 6.07) is 28.5. The summed E-state index contributed by atoms with van der Waals surface area (Å²) in [5.74, 6) is 2.63. The molecule has 0 N–H and O–H groups in total. The molecule has 0 heteroatoms. The first-order valence-corrected chi connectivity index (χ1v) is 16.4. The average Bonchev–Trinajstić information content (AvgIpc) is 3.40. The van der Waals surface area contributed by atoms with Gasteiger partial charge in [0.2, 0.25) is 0 Å². The van der Waals surface area contributed by atoms with E-state index in [1.807, 2.05) is 0 Å². The fourth-order valence-electron chi connectivity index (χ4n) is 6.69. The molecular formula is C44H50. The Morgan fingerprint density at radius 2 is 0.500 bits per heavy atom. The minimum absolute atomic E-state index is 0.0976. The Kier molecular flexibility index (Phi) is 7.01. The second kappa shape index (κ2) is 10.1. The van der Waals surface area contributed by atoms with E-state index in [9.17, 15) is 0 Å². The Labute approximate surface area is 267 Å². The number of hydrogen-bond acceptors (Lipinski definition) is 0. The van der Waals surface area contributed by atoms with Crippen LogP contribution in [0.15, 0.2) is 84.9 Å². The molecule has 4 aromatic rings. The Hall–Kier alpha value is -3.38. The monoisotopic (exact) mass is 578 g/mol. The second-order valence-corrected chi connectivity index (χ2v) is 17.2. The minimum atomic E-state index is 0.0976. The third-order valence-electron chi connectivity index (χ3n) is 9.70. The average molecular weight is 579 g/mol. The van der Waals surface area contributed by atoms with Gasteiger partial charge in [0.15, 0.2) is 0 Å². The van der Waals surface area contributed by atoms with E-state index in [1.165, 1.54) is 78.6 Å². The Bertz CT molecular complexity index is 1520. The van der Waals surface area contributed by atoms with Crippen LogP contribution in [0.4, 0.5) is 0 Å². The predicted octanol–water partition coefficient (Wildman–Crippen LogP) is 12.0. The summed E-state index contributed by atoms with van der Waals surface area (Å²) in [4.78, 5) is 0. The summed E-state index contributed by atoms with van der Waals surface area (Å²) in [6.45, 7) is 27.7. The third-order valence-corrected chi connectivity index (χ3v) is 9.70. The van der Waals surface area contributed by atoms with E-state index in [2.05, 4.69) is 168 Å². The van der Waals surface area contributed by atoms with E-state index < -0.39 is 0 Å². The molecule has 0 amide bonds. The summed E-state index contributed by atoms with van der Waals surface area (Å²) < 4.78 is 0. The molecule has 4 aromatic carbocycles. The maximum absolute atomic E-state index is 2.44. The smallest absolute Gasteiger partial charge is 0.0567 e. The summed E-state index contributed by atoms with van der Waals surface area (Å²) in [6.07, 6.45) is 4.78. The lowest BCUT2D eigenvalue weighted by atomic mass is 9.83. The van der Waals surface area contributed by atoms with Crippen molar-refractivity contribution in [1.82, 2.24) is 0 Å². The molecular weight excluding hydrogens is 528 g/mol. The Balaban J connectivity index is 1.49. The lowest BCUT2D eigenvalue weighted by Gasteiger charge is -2.21. The molecule has 6 rings (SSSR count). The molecule has 0 fully saturated rings. The maximum Gasteiger partial charge on any atom is 0.0567 e. The van der Waals surface area contributed by atoms with E-state index in [4.69, 9.17) is 0 Å². The van der Waals surface area contributed by atoms with E-state index in [0.717, 1.165) is 0 Å². The number of hydrogen-bond donors (Lipinski definition) is 0. The van der Waals surface area contributed by atoms with Crippen molar-refractivity contribution in [2.45, 2.75) is 105 Å². The van der Waals surface area contributed by atoms with Crippen LogP contribution in [0, 0.1) is 11.8 Å². The van der Waals surface area contributed by atoms with Crippen molar-refractivity contribution in [3.05, 3.63) is 141 Å². The molecule has 0 unspecified atom stereocenters. The van der Waals surface area contributed by atoms with E-state index >= 15 is 0 Å². The third kappa shape index (κ3) is 5.29. The van der Waals surface area contributed by atoms with Crippen LogP contribution in [0.3, 0.4) is 0 Å². The topological polar surface area (TPSA) is 0 Å². The molecule has 0 saturated carbocycles. The fraction of sp³-hybridized carbons (Fsp3) is 0.364. The molecule has 2 radical (unpaired) electrons. The standard InChI is InChI=1S/C44H50/c1-41(2,3)27-13-17-33-31(34-18-14-28(42(4,5)6)24-38(34)37(33)23-27)21-22-32-35-19-15-29(43(7,8)9)25-39(35)40-26-30(44(10,11)12)16-20-36(32)40/h13-26H,1-12H3/b22-21+. The zero-order valence-electron chi connectivity index (χ0n) is 29.1. The number of allylic oxidation sites excluding steroid dienone is 2. The van der Waals surface area contributed by atoms with E-state index in [1.54, 1.807) is 0 Å². The molecule has 0 atom stereocenters. The summed E-state index contributed by atoms with van der Waals surface area (Å²) in [5.41, 5.74) is 16.7. The van der Waals surface area contributed by atoms with Crippen molar-refractivity contribution in [1.29, 1.82) is 0 Å². The molecule has 0 aromatic heterocycles. The van der Waals surface area contributed by atoms with Crippen LogP contribution in [0.25, 0.3) is 22.3 Å². The van der Waals surface area contributed by atoms with Gasteiger partial charge < -0.3 is 0 Å². The van der Waals surface area contributed by atoms with Gasteiger partial charge in [0.05, 0.1) is 11.8 Å². The normalized spacial score (nSPS) is 15.5. The van der Waals surface area contributed by atoms with Gasteiger partial charge >= 0.3 is 0 Å². The summed E-state index contributed by atoms with van der Waals surface area (Å²) >= 11 is 0. The van der Waals surface area contributed by atoms with Gasteiger partial charge in [0, 0.05) is 0 Å². The first-order valence-electron chi connectivity index (χ1n) is 16.4. The molecule has 2 aliphatic carbocycles. The van der Waals surface area contributed by atoms with Crippen molar-refractivity contribution in [3.63, 3.8) is 0 Å². The molecule has 2 aliphatic rings. The molecule has 0 nitrogen and oxygen atoms in total. The summed E-state index contributed by atoms with van der Waals surface area (Å²) in [5, 5.41) is 0. The highest BCUT2D eigenvalue weighted by molar-refractivity contribution is 5.89. The predicted molar refractivity (Wildman–Crippen MR) is 191 cm³/mol. The van der Waals surface area contributed by atoms with Gasteiger partial charge in [0.25, 0.3) is 0 Å². The van der Waals surface area contributed by atoms with Crippen LogP contribution in [0.5, 0.6) is 0 Å². The van der Waals surface area contributed by atoms with Crippen LogP contribution in [0.2, 0.25) is 0 Å². The van der Waals surface area contributed by atoms with Gasteiger partial charge in [-0.1, -0.05) is 168 Å².